The van der Waals surface area contributed by atoms with Crippen molar-refractivity contribution in [2.75, 3.05) is 6.61 Å². The fourth-order valence-electron chi connectivity index (χ4n) is 2.01. The highest BCUT2D eigenvalue weighted by Crippen LogP contribution is 2.34. The summed E-state index contributed by atoms with van der Waals surface area (Å²) in [7, 11) is 0. The molecule has 0 radical (unpaired) electrons. The fourth-order valence-corrected chi connectivity index (χ4v) is 2.01. The van der Waals surface area contributed by atoms with Crippen LogP contribution in [-0.2, 0) is 4.74 Å². The van der Waals surface area contributed by atoms with Gasteiger partial charge in [0.25, 0.3) is 0 Å². The van der Waals surface area contributed by atoms with E-state index in [-0.39, 0.29) is 12.2 Å². The zero-order chi connectivity index (χ0) is 7.84. The van der Waals surface area contributed by atoms with Crippen LogP contribution in [0, 0.1) is 5.92 Å². The second kappa shape index (κ2) is 2.61. The number of allylic oxidation sites excluding steroid dienone is 1. The van der Waals surface area contributed by atoms with Gasteiger partial charge in [-0.2, -0.15) is 0 Å². The molecule has 62 valence electrons. The van der Waals surface area contributed by atoms with E-state index in [0.717, 1.165) is 12.8 Å². The molecule has 0 amide bonds. The molecule has 1 aliphatic carbocycles. The van der Waals surface area contributed by atoms with Crippen molar-refractivity contribution >= 4 is 0 Å². The summed E-state index contributed by atoms with van der Waals surface area (Å²) in [6.07, 6.45) is 4.25. The fraction of sp³-hybridized carbons (Fsp3) is 0.778. The molecule has 11 heavy (non-hydrogen) atoms. The third-order valence-electron chi connectivity index (χ3n) is 2.73. The predicted octanol–water partition coefficient (Wildman–Crippen LogP) is 1.10. The van der Waals surface area contributed by atoms with Crippen LogP contribution in [0.4, 0.5) is 0 Å². The van der Waals surface area contributed by atoms with E-state index in [1.54, 1.807) is 0 Å². The molecule has 0 spiro atoms. The van der Waals surface area contributed by atoms with Crippen molar-refractivity contribution in [2.45, 2.75) is 32.0 Å². The molecule has 2 rings (SSSR count). The Kier molecular flexibility index (Phi) is 1.74. The Bertz CT molecular complexity index is 186. The molecule has 1 saturated heterocycles. The van der Waals surface area contributed by atoms with E-state index in [1.165, 1.54) is 5.57 Å². The highest BCUT2D eigenvalue weighted by Gasteiger charge is 2.34. The summed E-state index contributed by atoms with van der Waals surface area (Å²) in [4.78, 5) is 0. The molecule has 1 aliphatic heterocycles. The van der Waals surface area contributed by atoms with Crippen molar-refractivity contribution < 1.29 is 9.84 Å². The van der Waals surface area contributed by atoms with Crippen LogP contribution >= 0.6 is 0 Å². The van der Waals surface area contributed by atoms with E-state index in [4.69, 9.17) is 4.74 Å². The van der Waals surface area contributed by atoms with Gasteiger partial charge in [0.15, 0.2) is 0 Å². The minimum Gasteiger partial charge on any atom is -0.392 e. The predicted molar refractivity (Wildman–Crippen MR) is 42.2 cm³/mol. The van der Waals surface area contributed by atoms with Crippen LogP contribution < -0.4 is 0 Å². The van der Waals surface area contributed by atoms with Crippen LogP contribution in [-0.4, -0.2) is 23.9 Å². The lowest BCUT2D eigenvalue weighted by molar-refractivity contribution is 0.0761. The van der Waals surface area contributed by atoms with Gasteiger partial charge in [-0.1, -0.05) is 6.08 Å². The van der Waals surface area contributed by atoms with Crippen molar-refractivity contribution in [1.82, 2.24) is 0 Å². The van der Waals surface area contributed by atoms with Gasteiger partial charge in [0.05, 0.1) is 18.8 Å². The summed E-state index contributed by atoms with van der Waals surface area (Å²) in [5.74, 6) is 0.304. The molecule has 0 aromatic carbocycles. The molecule has 3 unspecified atom stereocenters. The molecule has 3 atom stereocenters. The van der Waals surface area contributed by atoms with Crippen LogP contribution in [0.5, 0.6) is 0 Å². The van der Waals surface area contributed by atoms with Crippen LogP contribution in [0.25, 0.3) is 0 Å². The molecule has 2 nitrogen and oxygen atoms in total. The summed E-state index contributed by atoms with van der Waals surface area (Å²) < 4.78 is 5.44. The van der Waals surface area contributed by atoms with E-state index in [2.05, 4.69) is 13.0 Å². The molecule has 0 bridgehead atoms. The Morgan fingerprint density at radius 3 is 3.18 bits per heavy atom. The number of hydrogen-bond donors (Lipinski definition) is 1. The zero-order valence-electron chi connectivity index (χ0n) is 6.79. The van der Waals surface area contributed by atoms with Gasteiger partial charge in [-0.25, -0.2) is 0 Å². The van der Waals surface area contributed by atoms with Gasteiger partial charge in [-0.3, -0.25) is 0 Å². The second-order valence-corrected chi connectivity index (χ2v) is 3.43. The van der Waals surface area contributed by atoms with E-state index >= 15 is 0 Å². The zero-order valence-corrected chi connectivity index (χ0v) is 6.79. The van der Waals surface area contributed by atoms with E-state index in [1.807, 2.05) is 0 Å². The number of hydrogen-bond acceptors (Lipinski definition) is 2. The number of fused-ring (bicyclic) bond motifs is 1. The standard InChI is InChI=1S/C9H14O2/c1-6-7-3-2-4-9(10)8(7)5-11-6/h3,6,8-10H,2,4-5H2,1H3. The first-order valence-corrected chi connectivity index (χ1v) is 4.28. The quantitative estimate of drug-likeness (QED) is 0.529. The molecule has 2 heteroatoms. The average molecular weight is 154 g/mol. The Labute approximate surface area is 66.9 Å². The lowest BCUT2D eigenvalue weighted by Gasteiger charge is -2.22. The van der Waals surface area contributed by atoms with Crippen LogP contribution in [0.15, 0.2) is 11.6 Å². The van der Waals surface area contributed by atoms with Gasteiger partial charge in [0.1, 0.15) is 0 Å². The summed E-state index contributed by atoms with van der Waals surface area (Å²) in [5.41, 5.74) is 1.32. The maximum Gasteiger partial charge on any atom is 0.0761 e. The van der Waals surface area contributed by atoms with E-state index in [0.29, 0.717) is 12.5 Å². The highest BCUT2D eigenvalue weighted by atomic mass is 16.5. The highest BCUT2D eigenvalue weighted by molar-refractivity contribution is 5.19. The molecule has 1 heterocycles. The topological polar surface area (TPSA) is 29.5 Å². The number of ether oxygens (including phenoxy) is 1. The third-order valence-corrected chi connectivity index (χ3v) is 2.73. The molecule has 1 N–H and O–H groups in total. The second-order valence-electron chi connectivity index (χ2n) is 3.43. The monoisotopic (exact) mass is 154 g/mol. The van der Waals surface area contributed by atoms with Gasteiger partial charge >= 0.3 is 0 Å². The van der Waals surface area contributed by atoms with Gasteiger partial charge in [0, 0.05) is 5.92 Å². The van der Waals surface area contributed by atoms with Gasteiger partial charge in [-0.15, -0.1) is 0 Å². The van der Waals surface area contributed by atoms with Crippen LogP contribution in [0.3, 0.4) is 0 Å². The first kappa shape index (κ1) is 7.32. The molecule has 0 aromatic rings. The molecular weight excluding hydrogens is 140 g/mol. The first-order valence-electron chi connectivity index (χ1n) is 4.28. The minimum atomic E-state index is -0.153. The van der Waals surface area contributed by atoms with Gasteiger partial charge < -0.3 is 9.84 Å². The van der Waals surface area contributed by atoms with Crippen LogP contribution in [0.1, 0.15) is 19.8 Å². The van der Waals surface area contributed by atoms with Crippen molar-refractivity contribution in [1.29, 1.82) is 0 Å². The SMILES string of the molecule is CC1OCC2C1=CCCC2O. The normalized spacial score (nSPS) is 43.5. The Balaban J connectivity index is 2.21. The maximum atomic E-state index is 9.58. The van der Waals surface area contributed by atoms with Crippen molar-refractivity contribution in [3.8, 4) is 0 Å². The summed E-state index contributed by atoms with van der Waals surface area (Å²) in [6.45, 7) is 2.78. The molecular formula is C9H14O2. The van der Waals surface area contributed by atoms with E-state index < -0.39 is 0 Å². The largest absolute Gasteiger partial charge is 0.392 e. The van der Waals surface area contributed by atoms with Crippen molar-refractivity contribution in [2.24, 2.45) is 5.92 Å². The lowest BCUT2D eigenvalue weighted by Crippen LogP contribution is -2.25. The molecule has 0 saturated carbocycles. The minimum absolute atomic E-state index is 0.153. The summed E-state index contributed by atoms with van der Waals surface area (Å²) in [6, 6.07) is 0. The maximum absolute atomic E-state index is 9.58. The molecule has 0 aromatic heterocycles. The average Bonchev–Trinajstić information content (AvgIpc) is 2.35. The third kappa shape index (κ3) is 1.10. The summed E-state index contributed by atoms with van der Waals surface area (Å²) >= 11 is 0. The molecule has 2 aliphatic rings. The molecule has 1 fully saturated rings. The smallest absolute Gasteiger partial charge is 0.0761 e. The lowest BCUT2D eigenvalue weighted by atomic mass is 9.85. The Morgan fingerprint density at radius 2 is 2.45 bits per heavy atom. The van der Waals surface area contributed by atoms with Crippen LogP contribution in [0.2, 0.25) is 0 Å². The number of aliphatic hydroxyl groups is 1. The van der Waals surface area contributed by atoms with Gasteiger partial charge in [0.2, 0.25) is 0 Å². The van der Waals surface area contributed by atoms with Crippen molar-refractivity contribution in [3.05, 3.63) is 11.6 Å². The summed E-state index contributed by atoms with van der Waals surface area (Å²) in [5, 5.41) is 9.58. The van der Waals surface area contributed by atoms with Gasteiger partial charge in [-0.05, 0) is 25.3 Å². The Hall–Kier alpha value is -0.340. The number of aliphatic hydroxyl groups excluding tert-OH is 1. The first-order chi connectivity index (χ1) is 5.29. The van der Waals surface area contributed by atoms with E-state index in [9.17, 15) is 5.11 Å². The van der Waals surface area contributed by atoms with Crippen molar-refractivity contribution in [3.63, 3.8) is 0 Å². The Morgan fingerprint density at radius 1 is 1.64 bits per heavy atom. The number of rotatable bonds is 0.